The highest BCUT2D eigenvalue weighted by Gasteiger charge is 2.36. The summed E-state index contributed by atoms with van der Waals surface area (Å²) in [5.41, 5.74) is -1.04. The van der Waals surface area contributed by atoms with E-state index < -0.39 is 41.1 Å². The zero-order valence-electron chi connectivity index (χ0n) is 15.5. The minimum absolute atomic E-state index is 0.0116. The molecule has 0 saturated carbocycles. The summed E-state index contributed by atoms with van der Waals surface area (Å²) in [6, 6.07) is 4.84. The van der Waals surface area contributed by atoms with Crippen LogP contribution in [-0.4, -0.2) is 36.4 Å². The molecular weight excluding hydrogens is 411 g/mol. The molecule has 1 saturated heterocycles. The van der Waals surface area contributed by atoms with Gasteiger partial charge in [0.1, 0.15) is 17.5 Å². The zero-order chi connectivity index (χ0) is 21.9. The van der Waals surface area contributed by atoms with Crippen LogP contribution in [0.3, 0.4) is 0 Å². The number of nitrogens with one attached hydrogen (secondary N) is 2. The van der Waals surface area contributed by atoms with Gasteiger partial charge in [0.15, 0.2) is 0 Å². The van der Waals surface area contributed by atoms with Gasteiger partial charge in [-0.1, -0.05) is 0 Å². The number of aromatic nitrogens is 1. The van der Waals surface area contributed by atoms with E-state index in [1.54, 1.807) is 0 Å². The fourth-order valence-corrected chi connectivity index (χ4v) is 3.10. The lowest BCUT2D eigenvalue weighted by Gasteiger charge is -2.17. The number of benzene rings is 1. The number of hydrogen-bond donors (Lipinski definition) is 2. The van der Waals surface area contributed by atoms with E-state index in [0.29, 0.717) is 6.07 Å². The fourth-order valence-electron chi connectivity index (χ4n) is 3.10. The number of halogens is 5. The summed E-state index contributed by atoms with van der Waals surface area (Å²) < 4.78 is 65.7. The number of carbonyl (C=O) groups excluding carboxylic acids is 2. The number of pyridine rings is 1. The maximum atomic E-state index is 13.9. The van der Waals surface area contributed by atoms with Gasteiger partial charge in [0.05, 0.1) is 17.2 Å². The number of anilines is 2. The first-order chi connectivity index (χ1) is 14.2. The summed E-state index contributed by atoms with van der Waals surface area (Å²) in [6.07, 6.45) is -3.51. The van der Waals surface area contributed by atoms with E-state index in [1.165, 1.54) is 12.3 Å². The molecule has 1 aromatic carbocycles. The molecular formula is C19H17F5N4O2. The molecule has 2 amide bonds. The number of hydrogen-bond acceptors (Lipinski definition) is 4. The highest BCUT2D eigenvalue weighted by Crippen LogP contribution is 2.33. The highest BCUT2D eigenvalue weighted by atomic mass is 19.4. The Balaban J connectivity index is 1.52. The molecule has 160 valence electrons. The van der Waals surface area contributed by atoms with Gasteiger partial charge < -0.3 is 15.5 Å². The number of rotatable bonds is 6. The van der Waals surface area contributed by atoms with Gasteiger partial charge in [-0.2, -0.15) is 13.2 Å². The van der Waals surface area contributed by atoms with E-state index in [4.69, 9.17) is 0 Å². The van der Waals surface area contributed by atoms with Gasteiger partial charge in [-0.3, -0.25) is 9.59 Å². The van der Waals surface area contributed by atoms with E-state index >= 15 is 0 Å². The van der Waals surface area contributed by atoms with Crippen LogP contribution < -0.4 is 15.5 Å². The van der Waals surface area contributed by atoms with Crippen LogP contribution in [0.4, 0.5) is 33.5 Å². The molecule has 2 heterocycles. The number of carbonyl (C=O) groups is 2. The topological polar surface area (TPSA) is 74.3 Å². The average molecular weight is 428 g/mol. The Morgan fingerprint density at radius 3 is 2.67 bits per heavy atom. The molecule has 3 rings (SSSR count). The van der Waals surface area contributed by atoms with Gasteiger partial charge in [-0.05, 0) is 24.3 Å². The van der Waals surface area contributed by atoms with Gasteiger partial charge in [-0.15, -0.1) is 0 Å². The van der Waals surface area contributed by atoms with Crippen LogP contribution in [0.15, 0.2) is 36.5 Å². The first kappa shape index (κ1) is 21.5. The lowest BCUT2D eigenvalue weighted by atomic mass is 10.1. The fraction of sp³-hybridized carbons (Fsp3) is 0.316. The monoisotopic (exact) mass is 428 g/mol. The molecule has 30 heavy (non-hydrogen) atoms. The van der Waals surface area contributed by atoms with E-state index in [1.807, 2.05) is 0 Å². The van der Waals surface area contributed by atoms with Crippen molar-refractivity contribution in [1.29, 1.82) is 0 Å². The molecule has 0 bridgehead atoms. The van der Waals surface area contributed by atoms with Gasteiger partial charge in [-0.25, -0.2) is 13.8 Å². The Kier molecular flexibility index (Phi) is 6.18. The van der Waals surface area contributed by atoms with Crippen molar-refractivity contribution in [3.8, 4) is 0 Å². The molecule has 2 N–H and O–H groups in total. The second-order valence-electron chi connectivity index (χ2n) is 6.62. The van der Waals surface area contributed by atoms with Crippen LogP contribution in [0, 0.1) is 17.6 Å². The SMILES string of the molecule is O=C(NCCNc1ncccc1C(F)(F)F)C1CC(=O)N(c2ccc(F)cc2F)C1. The van der Waals surface area contributed by atoms with Crippen molar-refractivity contribution in [3.63, 3.8) is 0 Å². The standard InChI is InChI=1S/C19H17F5N4O2/c20-12-3-4-15(14(21)9-12)28-10-11(8-16(28)29)18(30)27-7-6-26-17-13(19(22,23)24)2-1-5-25-17/h1-5,9,11H,6-8,10H2,(H,25,26)(H,27,30). The Labute approximate surface area is 168 Å². The van der Waals surface area contributed by atoms with Crippen molar-refractivity contribution in [2.75, 3.05) is 29.9 Å². The second-order valence-corrected chi connectivity index (χ2v) is 6.62. The third-order valence-electron chi connectivity index (χ3n) is 4.53. The summed E-state index contributed by atoms with van der Waals surface area (Å²) in [6.45, 7) is -0.121. The minimum atomic E-state index is -4.57. The quantitative estimate of drug-likeness (QED) is 0.548. The van der Waals surface area contributed by atoms with Crippen molar-refractivity contribution in [1.82, 2.24) is 10.3 Å². The molecule has 2 aromatic rings. The maximum Gasteiger partial charge on any atom is 0.419 e. The van der Waals surface area contributed by atoms with Crippen LogP contribution >= 0.6 is 0 Å². The Morgan fingerprint density at radius 2 is 1.97 bits per heavy atom. The van der Waals surface area contributed by atoms with Crippen molar-refractivity contribution >= 4 is 23.3 Å². The minimum Gasteiger partial charge on any atom is -0.368 e. The first-order valence-corrected chi connectivity index (χ1v) is 8.96. The molecule has 11 heteroatoms. The van der Waals surface area contributed by atoms with Gasteiger partial charge in [0, 0.05) is 38.3 Å². The summed E-state index contributed by atoms with van der Waals surface area (Å²) in [4.78, 5) is 29.1. The molecule has 1 fully saturated rings. The third kappa shape index (κ3) is 4.84. The van der Waals surface area contributed by atoms with Crippen molar-refractivity contribution in [3.05, 3.63) is 53.7 Å². The lowest BCUT2D eigenvalue weighted by molar-refractivity contribution is -0.137. The normalized spacial score (nSPS) is 16.6. The van der Waals surface area contributed by atoms with Gasteiger partial charge >= 0.3 is 6.18 Å². The van der Waals surface area contributed by atoms with Crippen LogP contribution in [0.1, 0.15) is 12.0 Å². The maximum absolute atomic E-state index is 13.9. The van der Waals surface area contributed by atoms with E-state index in [0.717, 1.165) is 23.1 Å². The Bertz CT molecular complexity index is 951. The molecule has 1 aliphatic heterocycles. The van der Waals surface area contributed by atoms with Crippen LogP contribution in [0.2, 0.25) is 0 Å². The predicted octanol–water partition coefficient (Wildman–Crippen LogP) is 2.96. The first-order valence-electron chi connectivity index (χ1n) is 8.96. The summed E-state index contributed by atoms with van der Waals surface area (Å²) in [5.74, 6) is -3.79. The molecule has 1 aliphatic rings. The van der Waals surface area contributed by atoms with Gasteiger partial charge in [0.25, 0.3) is 0 Å². The molecule has 0 spiro atoms. The summed E-state index contributed by atoms with van der Waals surface area (Å²) in [5, 5.41) is 5.04. The molecule has 6 nitrogen and oxygen atoms in total. The molecule has 0 aliphatic carbocycles. The Hall–Kier alpha value is -3.24. The molecule has 1 aromatic heterocycles. The summed E-state index contributed by atoms with van der Waals surface area (Å²) in [7, 11) is 0. The van der Waals surface area contributed by atoms with Crippen LogP contribution in [0.25, 0.3) is 0 Å². The predicted molar refractivity (Wildman–Crippen MR) is 97.6 cm³/mol. The highest BCUT2D eigenvalue weighted by molar-refractivity contribution is 6.00. The van der Waals surface area contributed by atoms with Crippen molar-refractivity contribution < 1.29 is 31.5 Å². The number of nitrogens with zero attached hydrogens (tertiary/aromatic N) is 2. The average Bonchev–Trinajstić information content (AvgIpc) is 3.06. The Morgan fingerprint density at radius 1 is 1.20 bits per heavy atom. The van der Waals surface area contributed by atoms with Crippen molar-refractivity contribution in [2.24, 2.45) is 5.92 Å². The van der Waals surface area contributed by atoms with E-state index in [-0.39, 0.29) is 37.6 Å². The smallest absolute Gasteiger partial charge is 0.368 e. The molecule has 1 unspecified atom stereocenters. The second kappa shape index (κ2) is 8.64. The number of amides is 2. The van der Waals surface area contributed by atoms with Gasteiger partial charge in [0.2, 0.25) is 11.8 Å². The summed E-state index contributed by atoms with van der Waals surface area (Å²) >= 11 is 0. The zero-order valence-corrected chi connectivity index (χ0v) is 15.5. The number of alkyl halides is 3. The largest absolute Gasteiger partial charge is 0.419 e. The third-order valence-corrected chi connectivity index (χ3v) is 4.53. The van der Waals surface area contributed by atoms with E-state index in [2.05, 4.69) is 15.6 Å². The molecule has 0 radical (unpaired) electrons. The molecule has 1 atom stereocenters. The van der Waals surface area contributed by atoms with Crippen LogP contribution in [0.5, 0.6) is 0 Å². The van der Waals surface area contributed by atoms with E-state index in [9.17, 15) is 31.5 Å². The van der Waals surface area contributed by atoms with Crippen LogP contribution in [-0.2, 0) is 15.8 Å². The van der Waals surface area contributed by atoms with Crippen molar-refractivity contribution in [2.45, 2.75) is 12.6 Å². The lowest BCUT2D eigenvalue weighted by Crippen LogP contribution is -2.35.